The molecule has 0 heterocycles. The van der Waals surface area contributed by atoms with Gasteiger partial charge in [0, 0.05) is 9.99 Å². The van der Waals surface area contributed by atoms with Gasteiger partial charge in [-0.15, -0.1) is 0 Å². The van der Waals surface area contributed by atoms with E-state index in [0.717, 1.165) is 9.13 Å². The van der Waals surface area contributed by atoms with Crippen LogP contribution in [0.3, 0.4) is 0 Å². The van der Waals surface area contributed by atoms with Crippen LogP contribution in [0.5, 0.6) is 0 Å². The molecule has 0 unspecified atom stereocenters. The van der Waals surface area contributed by atoms with E-state index in [1.165, 1.54) is 0 Å². The summed E-state index contributed by atoms with van der Waals surface area (Å²) in [5.74, 6) is -0.264. The maximum absolute atomic E-state index is 11.6. The quantitative estimate of drug-likeness (QED) is 0.425. The molecule has 5 heteroatoms. The fraction of sp³-hybridized carbons (Fsp3) is 0.333. The summed E-state index contributed by atoms with van der Waals surface area (Å²) < 4.78 is 5.85. The van der Waals surface area contributed by atoms with Crippen molar-refractivity contribution in [2.45, 2.75) is 13.3 Å². The zero-order valence-electron chi connectivity index (χ0n) is 9.33. The Balaban J connectivity index is 2.93. The van der Waals surface area contributed by atoms with Crippen LogP contribution >= 0.6 is 38.5 Å². The van der Waals surface area contributed by atoms with Gasteiger partial charge in [-0.3, -0.25) is 4.79 Å². The minimum atomic E-state index is -0.349. The van der Waals surface area contributed by atoms with Crippen molar-refractivity contribution in [1.82, 2.24) is 0 Å². The molecule has 0 fully saturated rings. The number of esters is 1. The van der Waals surface area contributed by atoms with Crippen LogP contribution in [0, 0.1) is 3.57 Å². The van der Waals surface area contributed by atoms with E-state index in [1.807, 2.05) is 6.07 Å². The first-order chi connectivity index (χ1) is 8.06. The number of ether oxygens (including phenoxy) is 1. The van der Waals surface area contributed by atoms with Crippen LogP contribution in [0.25, 0.3) is 0 Å². The van der Waals surface area contributed by atoms with Gasteiger partial charge in [0.15, 0.2) is 0 Å². The van der Waals surface area contributed by atoms with Crippen molar-refractivity contribution in [3.63, 3.8) is 0 Å². The lowest BCUT2D eigenvalue weighted by Crippen LogP contribution is -2.08. The van der Waals surface area contributed by atoms with Crippen molar-refractivity contribution in [1.29, 1.82) is 0 Å². The SMILES string of the molecule is CCOC(=O)c1cc(I)cc(CC(=O)CBr)c1. The number of hydrogen-bond acceptors (Lipinski definition) is 3. The summed E-state index contributed by atoms with van der Waals surface area (Å²) in [5.41, 5.74) is 1.33. The zero-order valence-corrected chi connectivity index (χ0v) is 13.1. The molecule has 0 N–H and O–H groups in total. The van der Waals surface area contributed by atoms with Crippen LogP contribution < -0.4 is 0 Å². The smallest absolute Gasteiger partial charge is 0.338 e. The van der Waals surface area contributed by atoms with Gasteiger partial charge in [-0.1, -0.05) is 15.9 Å². The normalized spacial score (nSPS) is 10.1. The molecular formula is C12H12BrIO3. The maximum atomic E-state index is 11.6. The Hall–Kier alpha value is -0.430. The molecule has 0 saturated carbocycles. The van der Waals surface area contributed by atoms with E-state index in [0.29, 0.717) is 23.9 Å². The van der Waals surface area contributed by atoms with Crippen molar-refractivity contribution in [3.8, 4) is 0 Å². The Morgan fingerprint density at radius 2 is 2.06 bits per heavy atom. The predicted molar refractivity (Wildman–Crippen MR) is 77.6 cm³/mol. The second kappa shape index (κ2) is 7.10. The summed E-state index contributed by atoms with van der Waals surface area (Å²) in [4.78, 5) is 22.9. The third-order valence-corrected chi connectivity index (χ3v) is 3.27. The van der Waals surface area contributed by atoms with Gasteiger partial charge in [0.05, 0.1) is 17.5 Å². The number of rotatable bonds is 5. The third-order valence-electron chi connectivity index (χ3n) is 2.02. The lowest BCUT2D eigenvalue weighted by Gasteiger charge is -2.05. The molecule has 1 aromatic rings. The first-order valence-corrected chi connectivity index (χ1v) is 7.31. The Morgan fingerprint density at radius 1 is 1.35 bits per heavy atom. The summed E-state index contributed by atoms with van der Waals surface area (Å²) in [5, 5.41) is 0.327. The molecule has 0 bridgehead atoms. The van der Waals surface area contributed by atoms with Crippen LogP contribution in [0.4, 0.5) is 0 Å². The molecule has 0 amide bonds. The first-order valence-electron chi connectivity index (χ1n) is 5.11. The lowest BCUT2D eigenvalue weighted by molar-refractivity contribution is -0.115. The molecule has 92 valence electrons. The minimum absolute atomic E-state index is 0.0850. The summed E-state index contributed by atoms with van der Waals surface area (Å²) in [7, 11) is 0. The second-order valence-electron chi connectivity index (χ2n) is 3.42. The van der Waals surface area contributed by atoms with Gasteiger partial charge in [-0.05, 0) is 53.3 Å². The van der Waals surface area contributed by atoms with Gasteiger partial charge in [0.2, 0.25) is 0 Å². The largest absolute Gasteiger partial charge is 0.462 e. The molecule has 0 aliphatic rings. The monoisotopic (exact) mass is 410 g/mol. The summed E-state index contributed by atoms with van der Waals surface area (Å²) >= 11 is 5.24. The number of Topliss-reactive ketones (excluding diaryl/α,β-unsaturated/α-hetero) is 1. The lowest BCUT2D eigenvalue weighted by atomic mass is 10.1. The molecule has 0 radical (unpaired) electrons. The predicted octanol–water partition coefficient (Wildman–Crippen LogP) is 2.97. The molecule has 0 atom stereocenters. The van der Waals surface area contributed by atoms with Crippen molar-refractivity contribution >= 4 is 50.3 Å². The molecule has 0 aliphatic heterocycles. The number of halogens is 2. The van der Waals surface area contributed by atoms with Crippen LogP contribution in [-0.2, 0) is 16.0 Å². The van der Waals surface area contributed by atoms with Crippen LogP contribution in [0.15, 0.2) is 18.2 Å². The third kappa shape index (κ3) is 4.75. The molecule has 17 heavy (non-hydrogen) atoms. The van der Waals surface area contributed by atoms with E-state index < -0.39 is 0 Å². The highest BCUT2D eigenvalue weighted by Gasteiger charge is 2.10. The van der Waals surface area contributed by atoms with Crippen molar-refractivity contribution in [2.24, 2.45) is 0 Å². The minimum Gasteiger partial charge on any atom is -0.462 e. The number of hydrogen-bond donors (Lipinski definition) is 0. The first kappa shape index (κ1) is 14.6. The highest BCUT2D eigenvalue weighted by molar-refractivity contribution is 14.1. The van der Waals surface area contributed by atoms with E-state index in [1.54, 1.807) is 19.1 Å². The van der Waals surface area contributed by atoms with Crippen molar-refractivity contribution < 1.29 is 14.3 Å². The molecule has 3 nitrogen and oxygen atoms in total. The topological polar surface area (TPSA) is 43.4 Å². The number of benzene rings is 1. The Kier molecular flexibility index (Phi) is 6.11. The Morgan fingerprint density at radius 3 is 2.65 bits per heavy atom. The van der Waals surface area contributed by atoms with Crippen molar-refractivity contribution in [2.75, 3.05) is 11.9 Å². The summed E-state index contributed by atoms with van der Waals surface area (Å²) in [6, 6.07) is 5.35. The molecule has 0 saturated heterocycles. The van der Waals surface area contributed by atoms with Crippen LogP contribution in [-0.4, -0.2) is 23.7 Å². The number of carbonyl (C=O) groups is 2. The fourth-order valence-corrected chi connectivity index (χ4v) is 2.29. The van der Waals surface area contributed by atoms with Gasteiger partial charge in [0.1, 0.15) is 5.78 Å². The standard InChI is InChI=1S/C12H12BrIO3/c1-2-17-12(16)9-3-8(4-10(14)6-9)5-11(15)7-13/h3-4,6H,2,5,7H2,1H3. The fourth-order valence-electron chi connectivity index (χ4n) is 1.36. The van der Waals surface area contributed by atoms with E-state index in [9.17, 15) is 9.59 Å². The van der Waals surface area contributed by atoms with E-state index >= 15 is 0 Å². The van der Waals surface area contributed by atoms with E-state index in [4.69, 9.17) is 4.74 Å². The number of ketones is 1. The van der Waals surface area contributed by atoms with Gasteiger partial charge in [-0.25, -0.2) is 4.79 Å². The highest BCUT2D eigenvalue weighted by Crippen LogP contribution is 2.14. The Labute approximate surface area is 122 Å². The van der Waals surface area contributed by atoms with E-state index in [2.05, 4.69) is 38.5 Å². The number of alkyl halides is 1. The Bertz CT molecular complexity index is 432. The molecule has 0 aliphatic carbocycles. The second-order valence-corrected chi connectivity index (χ2v) is 5.22. The van der Waals surface area contributed by atoms with Gasteiger partial charge in [0.25, 0.3) is 0 Å². The van der Waals surface area contributed by atoms with Gasteiger partial charge < -0.3 is 4.74 Å². The van der Waals surface area contributed by atoms with Gasteiger partial charge >= 0.3 is 5.97 Å². The molecule has 0 spiro atoms. The highest BCUT2D eigenvalue weighted by atomic mass is 127. The average Bonchev–Trinajstić information content (AvgIpc) is 2.28. The molecular weight excluding hydrogens is 399 g/mol. The summed E-state index contributed by atoms with van der Waals surface area (Å²) in [6.45, 7) is 2.11. The van der Waals surface area contributed by atoms with Gasteiger partial charge in [-0.2, -0.15) is 0 Å². The number of carbonyl (C=O) groups excluding carboxylic acids is 2. The van der Waals surface area contributed by atoms with Crippen LogP contribution in [0.2, 0.25) is 0 Å². The maximum Gasteiger partial charge on any atom is 0.338 e. The summed E-state index contributed by atoms with van der Waals surface area (Å²) in [6.07, 6.45) is 0.328. The van der Waals surface area contributed by atoms with Crippen molar-refractivity contribution in [3.05, 3.63) is 32.9 Å². The average molecular weight is 411 g/mol. The molecule has 0 aromatic heterocycles. The van der Waals surface area contributed by atoms with Crippen LogP contribution in [0.1, 0.15) is 22.8 Å². The molecule has 1 rings (SSSR count). The van der Waals surface area contributed by atoms with E-state index in [-0.39, 0.29) is 11.8 Å². The molecule has 1 aromatic carbocycles. The zero-order chi connectivity index (χ0) is 12.8.